The zero-order chi connectivity index (χ0) is 27.3. The first-order valence-corrected chi connectivity index (χ1v) is 13.8. The van der Waals surface area contributed by atoms with Gasteiger partial charge in [-0.1, -0.05) is 17.7 Å². The minimum Gasteiger partial charge on any atom is -0.396 e. The molecule has 0 spiro atoms. The summed E-state index contributed by atoms with van der Waals surface area (Å²) >= 11 is 0. The molecule has 3 aromatic rings. The van der Waals surface area contributed by atoms with E-state index in [4.69, 9.17) is 0 Å². The number of nitrogens with one attached hydrogen (secondary N) is 1. The van der Waals surface area contributed by atoms with Crippen molar-refractivity contribution < 1.29 is 43.9 Å². The minimum atomic E-state index is -5.20. The summed E-state index contributed by atoms with van der Waals surface area (Å²) in [6, 6.07) is 5.71. The Balaban J connectivity index is 1.83. The van der Waals surface area contributed by atoms with Crippen LogP contribution in [0.25, 0.3) is 0 Å². The van der Waals surface area contributed by atoms with E-state index in [-0.39, 0.29) is 53.7 Å². The highest BCUT2D eigenvalue weighted by Gasteiger charge is 2.37. The fourth-order valence-electron chi connectivity index (χ4n) is 4.21. The first-order chi connectivity index (χ1) is 17.1. The Labute approximate surface area is 209 Å². The molecule has 0 aliphatic heterocycles. The predicted octanol–water partition coefficient (Wildman–Crippen LogP) is 4.23. The molecule has 1 aliphatic carbocycles. The van der Waals surface area contributed by atoms with E-state index in [2.05, 4.69) is 0 Å². The number of nitrogens with zero attached hydrogens (tertiary/aromatic N) is 1. The molecule has 1 unspecified atom stereocenters. The smallest absolute Gasteiger partial charge is 0.396 e. The molecule has 4 rings (SSSR count). The number of fused-ring (bicyclic) bond motifs is 1. The average molecular weight is 565 g/mol. The number of aromatic nitrogens is 1. The largest absolute Gasteiger partial charge is 0.419 e. The van der Waals surface area contributed by atoms with Crippen molar-refractivity contribution in [1.82, 2.24) is 3.97 Å². The van der Waals surface area contributed by atoms with Gasteiger partial charge in [0.25, 0.3) is 20.0 Å². The van der Waals surface area contributed by atoms with Crippen molar-refractivity contribution in [2.45, 2.75) is 42.2 Å². The Morgan fingerprint density at radius 2 is 1.70 bits per heavy atom. The van der Waals surface area contributed by atoms with Crippen LogP contribution >= 0.6 is 0 Å². The molecule has 1 heterocycles. The lowest BCUT2D eigenvalue weighted by atomic mass is 9.89. The van der Waals surface area contributed by atoms with Gasteiger partial charge in [-0.25, -0.2) is 29.6 Å². The van der Waals surface area contributed by atoms with Crippen LogP contribution in [0.2, 0.25) is 0 Å². The number of sulfonamides is 1. The van der Waals surface area contributed by atoms with Crippen molar-refractivity contribution >= 4 is 25.7 Å². The highest BCUT2D eigenvalue weighted by Crippen LogP contribution is 2.37. The molecule has 0 amide bonds. The molecular formula is C23H21F5N2O5S2. The molecular weight excluding hydrogens is 543 g/mol. The molecule has 0 saturated carbocycles. The third-order valence-electron chi connectivity index (χ3n) is 6.16. The molecule has 37 heavy (non-hydrogen) atoms. The normalized spacial score (nSPS) is 16.5. The second-order valence-electron chi connectivity index (χ2n) is 8.74. The summed E-state index contributed by atoms with van der Waals surface area (Å²) in [5.41, 5.74) is -1.99. The Hall–Kier alpha value is -2.97. The molecule has 0 radical (unpaired) electrons. The lowest BCUT2D eigenvalue weighted by molar-refractivity contribution is -0.140. The maximum absolute atomic E-state index is 14.4. The molecule has 7 nitrogen and oxygen atoms in total. The molecule has 2 N–H and O–H groups in total. The zero-order valence-electron chi connectivity index (χ0n) is 19.2. The van der Waals surface area contributed by atoms with Gasteiger partial charge in [0.1, 0.15) is 16.5 Å². The van der Waals surface area contributed by atoms with E-state index in [1.807, 2.05) is 0 Å². The summed E-state index contributed by atoms with van der Waals surface area (Å²) in [6.45, 7) is 1.48. The molecule has 1 aromatic heterocycles. The number of halogens is 5. The van der Waals surface area contributed by atoms with Gasteiger partial charge in [0, 0.05) is 24.6 Å². The van der Waals surface area contributed by atoms with E-state index in [0.29, 0.717) is 6.42 Å². The number of aliphatic hydroxyl groups excluding tert-OH is 1. The van der Waals surface area contributed by atoms with Crippen molar-refractivity contribution in [3.05, 3.63) is 76.6 Å². The van der Waals surface area contributed by atoms with Gasteiger partial charge in [0.15, 0.2) is 0 Å². The van der Waals surface area contributed by atoms with E-state index in [0.717, 1.165) is 15.7 Å². The number of anilines is 1. The first kappa shape index (κ1) is 27.1. The summed E-state index contributed by atoms with van der Waals surface area (Å²) in [5.74, 6) is -3.91. The molecule has 0 bridgehead atoms. The third kappa shape index (κ3) is 5.09. The Kier molecular flexibility index (Phi) is 6.88. The Bertz CT molecular complexity index is 1560. The van der Waals surface area contributed by atoms with Crippen molar-refractivity contribution in [2.75, 3.05) is 11.3 Å². The standard InChI is InChI=1S/C23H21F5N2O5S2/c1-13-2-5-15(6-3-13)37(34,35)30-11-22(16-7-4-14(12-31)8-21(16)30)36(32,33)29-20-10-18(24)17(9-19(20)25)23(26,27)28/h2-3,5-6,9-11,14,29,31H,4,7-8,12H2,1H3. The molecule has 1 aliphatic rings. The SMILES string of the molecule is Cc1ccc(S(=O)(=O)n2cc(S(=O)(=O)Nc3cc(F)c(C(F)(F)F)cc3F)c3c2CC(CO)CC3)cc1. The Morgan fingerprint density at radius 3 is 2.30 bits per heavy atom. The van der Waals surface area contributed by atoms with Gasteiger partial charge in [-0.05, 0) is 55.9 Å². The van der Waals surface area contributed by atoms with Crippen LogP contribution in [0.3, 0.4) is 0 Å². The summed E-state index contributed by atoms with van der Waals surface area (Å²) < 4.78 is 123. The number of benzene rings is 2. The van der Waals surface area contributed by atoms with E-state index in [9.17, 15) is 43.9 Å². The van der Waals surface area contributed by atoms with Crippen molar-refractivity contribution in [3.8, 4) is 0 Å². The maximum atomic E-state index is 14.4. The fraction of sp³-hybridized carbons (Fsp3) is 0.304. The zero-order valence-corrected chi connectivity index (χ0v) is 20.8. The second-order valence-corrected chi connectivity index (χ2v) is 12.2. The van der Waals surface area contributed by atoms with Gasteiger partial charge in [0.2, 0.25) is 0 Å². The monoisotopic (exact) mass is 564 g/mol. The van der Waals surface area contributed by atoms with Gasteiger partial charge >= 0.3 is 6.18 Å². The van der Waals surface area contributed by atoms with Gasteiger partial charge in [-0.2, -0.15) is 13.2 Å². The third-order valence-corrected chi connectivity index (χ3v) is 9.29. The molecule has 0 saturated heterocycles. The van der Waals surface area contributed by atoms with Crippen molar-refractivity contribution in [2.24, 2.45) is 5.92 Å². The lowest BCUT2D eigenvalue weighted by Gasteiger charge is -2.23. The number of alkyl halides is 3. The average Bonchev–Trinajstić information content (AvgIpc) is 3.21. The molecule has 200 valence electrons. The number of aliphatic hydroxyl groups is 1. The Morgan fingerprint density at radius 1 is 1.05 bits per heavy atom. The van der Waals surface area contributed by atoms with Crippen LogP contribution in [-0.2, 0) is 39.1 Å². The van der Waals surface area contributed by atoms with Crippen molar-refractivity contribution in [3.63, 3.8) is 0 Å². The van der Waals surface area contributed by atoms with Crippen LogP contribution in [0.1, 0.15) is 28.8 Å². The van der Waals surface area contributed by atoms with Crippen LogP contribution in [-0.4, -0.2) is 32.5 Å². The van der Waals surface area contributed by atoms with E-state index in [1.54, 1.807) is 23.8 Å². The summed E-state index contributed by atoms with van der Waals surface area (Å²) in [7, 11) is -9.07. The van der Waals surface area contributed by atoms with Crippen LogP contribution in [0.4, 0.5) is 27.6 Å². The summed E-state index contributed by atoms with van der Waals surface area (Å²) in [4.78, 5) is -0.677. The molecule has 2 aromatic carbocycles. The van der Waals surface area contributed by atoms with Gasteiger partial charge in [0.05, 0.1) is 16.1 Å². The number of hydrogen-bond donors (Lipinski definition) is 2. The lowest BCUT2D eigenvalue weighted by Crippen LogP contribution is -2.23. The van der Waals surface area contributed by atoms with Crippen LogP contribution in [0.5, 0.6) is 0 Å². The van der Waals surface area contributed by atoms with Crippen LogP contribution in [0.15, 0.2) is 52.4 Å². The number of aryl methyl sites for hydroxylation is 1. The predicted molar refractivity (Wildman–Crippen MR) is 123 cm³/mol. The molecule has 1 atom stereocenters. The van der Waals surface area contributed by atoms with Gasteiger partial charge in [-0.15, -0.1) is 0 Å². The quantitative estimate of drug-likeness (QED) is 0.436. The van der Waals surface area contributed by atoms with Crippen LogP contribution in [0, 0.1) is 24.5 Å². The molecule has 0 fully saturated rings. The fourth-order valence-corrected chi connectivity index (χ4v) is 7.05. The van der Waals surface area contributed by atoms with Gasteiger partial charge in [-0.3, -0.25) is 4.72 Å². The summed E-state index contributed by atoms with van der Waals surface area (Å²) in [5, 5.41) is 9.61. The van der Waals surface area contributed by atoms with E-state index in [1.165, 1.54) is 12.1 Å². The number of rotatable bonds is 6. The first-order valence-electron chi connectivity index (χ1n) is 10.9. The number of hydrogen-bond acceptors (Lipinski definition) is 5. The second kappa shape index (κ2) is 9.40. The highest BCUT2D eigenvalue weighted by atomic mass is 32.2. The maximum Gasteiger partial charge on any atom is 0.419 e. The van der Waals surface area contributed by atoms with E-state index >= 15 is 0 Å². The van der Waals surface area contributed by atoms with Gasteiger partial charge < -0.3 is 5.11 Å². The van der Waals surface area contributed by atoms with E-state index < -0.39 is 54.0 Å². The molecule has 14 heteroatoms. The minimum absolute atomic E-state index is 0.0235. The highest BCUT2D eigenvalue weighted by molar-refractivity contribution is 7.93. The van der Waals surface area contributed by atoms with Crippen molar-refractivity contribution in [1.29, 1.82) is 0 Å². The van der Waals surface area contributed by atoms with Crippen LogP contribution < -0.4 is 4.72 Å². The topological polar surface area (TPSA) is 105 Å². The summed E-state index contributed by atoms with van der Waals surface area (Å²) in [6.07, 6.45) is -3.97.